The zero-order chi connectivity index (χ0) is 21.6. The van der Waals surface area contributed by atoms with Gasteiger partial charge in [-0.15, -0.1) is 0 Å². The van der Waals surface area contributed by atoms with Gasteiger partial charge in [0.25, 0.3) is 0 Å². The Labute approximate surface area is 189 Å². The van der Waals surface area contributed by atoms with Crippen LogP contribution in [0.3, 0.4) is 0 Å². The van der Waals surface area contributed by atoms with Gasteiger partial charge in [-0.25, -0.2) is 0 Å². The van der Waals surface area contributed by atoms with Crippen molar-refractivity contribution in [1.82, 2.24) is 20.1 Å². The van der Waals surface area contributed by atoms with Gasteiger partial charge in [0.1, 0.15) is 6.10 Å². The van der Waals surface area contributed by atoms with Crippen molar-refractivity contribution in [3.05, 3.63) is 30.1 Å². The summed E-state index contributed by atoms with van der Waals surface area (Å²) < 4.78 is 5.97. The maximum Gasteiger partial charge on any atom is 0.306 e. The lowest BCUT2D eigenvalue weighted by Gasteiger charge is -2.43. The van der Waals surface area contributed by atoms with Crippen molar-refractivity contribution in [3.8, 4) is 0 Å². The standard InChI is InChI=1S/C22H32N4O3S.H2O/c1-23-21(30)22(17-6-5-11-24-16-17)10-4-3-7-18(22)29-20(28)9-8-19(27)26-14-12-25(2)13-15-26;/h5-6,11,16,18H,3-4,7-10,12-15H2,1-2H3,(H,23,30);1H2. The van der Waals surface area contributed by atoms with Gasteiger partial charge in [0, 0.05) is 52.0 Å². The smallest absolute Gasteiger partial charge is 0.306 e. The fourth-order valence-electron chi connectivity index (χ4n) is 4.51. The molecule has 2 unspecified atom stereocenters. The molecule has 0 spiro atoms. The highest BCUT2D eigenvalue weighted by molar-refractivity contribution is 7.80. The zero-order valence-corrected chi connectivity index (χ0v) is 19.2. The fraction of sp³-hybridized carbons (Fsp3) is 0.636. The molecule has 1 amide bonds. The molecular weight excluding hydrogens is 416 g/mol. The van der Waals surface area contributed by atoms with Gasteiger partial charge in [-0.3, -0.25) is 14.6 Å². The molecule has 1 saturated heterocycles. The molecule has 1 saturated carbocycles. The van der Waals surface area contributed by atoms with E-state index in [2.05, 4.69) is 15.2 Å². The van der Waals surface area contributed by atoms with Gasteiger partial charge < -0.3 is 25.3 Å². The first-order valence-corrected chi connectivity index (χ1v) is 11.2. The maximum atomic E-state index is 12.7. The lowest BCUT2D eigenvalue weighted by molar-refractivity contribution is -0.155. The lowest BCUT2D eigenvalue weighted by atomic mass is 9.67. The van der Waals surface area contributed by atoms with E-state index in [0.717, 1.165) is 44.3 Å². The Morgan fingerprint density at radius 3 is 2.65 bits per heavy atom. The minimum Gasteiger partial charge on any atom is -0.461 e. The molecule has 0 radical (unpaired) electrons. The second-order valence-corrected chi connectivity index (χ2v) is 8.61. The van der Waals surface area contributed by atoms with Crippen LogP contribution in [0.4, 0.5) is 0 Å². The number of nitrogens with zero attached hydrogens (tertiary/aromatic N) is 3. The Morgan fingerprint density at radius 2 is 2.00 bits per heavy atom. The van der Waals surface area contributed by atoms with E-state index >= 15 is 0 Å². The predicted octanol–water partition coefficient (Wildman–Crippen LogP) is 1.08. The first kappa shape index (κ1) is 25.2. The van der Waals surface area contributed by atoms with Crippen LogP contribution in [-0.4, -0.2) is 83.5 Å². The van der Waals surface area contributed by atoms with Crippen LogP contribution in [-0.2, 0) is 19.7 Å². The topological polar surface area (TPSA) is 106 Å². The Balaban J connectivity index is 0.00000341. The van der Waals surface area contributed by atoms with Crippen molar-refractivity contribution in [1.29, 1.82) is 0 Å². The van der Waals surface area contributed by atoms with E-state index < -0.39 is 5.41 Å². The van der Waals surface area contributed by atoms with Crippen molar-refractivity contribution in [3.63, 3.8) is 0 Å². The van der Waals surface area contributed by atoms with Gasteiger partial charge in [-0.05, 0) is 37.9 Å². The van der Waals surface area contributed by atoms with Crippen LogP contribution in [0.15, 0.2) is 24.5 Å². The number of amides is 1. The summed E-state index contributed by atoms with van der Waals surface area (Å²) in [5, 5.41) is 3.12. The van der Waals surface area contributed by atoms with E-state index in [1.54, 1.807) is 6.20 Å². The number of likely N-dealkylation sites (N-methyl/N-ethyl adjacent to an activating group) is 2. The van der Waals surface area contributed by atoms with Gasteiger partial charge in [0.2, 0.25) is 5.91 Å². The molecule has 1 aliphatic carbocycles. The van der Waals surface area contributed by atoms with Crippen molar-refractivity contribution >= 4 is 29.1 Å². The van der Waals surface area contributed by atoms with Gasteiger partial charge in [0.05, 0.1) is 16.8 Å². The molecule has 172 valence electrons. The maximum absolute atomic E-state index is 12.7. The van der Waals surface area contributed by atoms with Crippen LogP contribution in [0.25, 0.3) is 0 Å². The van der Waals surface area contributed by atoms with Crippen LogP contribution in [0.5, 0.6) is 0 Å². The molecule has 31 heavy (non-hydrogen) atoms. The van der Waals surface area contributed by atoms with E-state index in [1.165, 1.54) is 0 Å². The van der Waals surface area contributed by atoms with E-state index in [-0.39, 0.29) is 36.3 Å². The van der Waals surface area contributed by atoms with Crippen molar-refractivity contribution < 1.29 is 19.8 Å². The Morgan fingerprint density at radius 1 is 1.26 bits per heavy atom. The van der Waals surface area contributed by atoms with Crippen molar-refractivity contribution in [2.24, 2.45) is 0 Å². The molecular formula is C22H34N4O4S. The number of rotatable bonds is 6. The van der Waals surface area contributed by atoms with Crippen LogP contribution < -0.4 is 5.32 Å². The van der Waals surface area contributed by atoms with Gasteiger partial charge >= 0.3 is 5.97 Å². The van der Waals surface area contributed by atoms with Crippen LogP contribution in [0, 0.1) is 0 Å². The summed E-state index contributed by atoms with van der Waals surface area (Å²) in [5.41, 5.74) is 0.392. The zero-order valence-electron chi connectivity index (χ0n) is 18.4. The molecule has 3 N–H and O–H groups in total. The Kier molecular flexibility index (Phi) is 9.33. The van der Waals surface area contributed by atoms with E-state index in [4.69, 9.17) is 17.0 Å². The number of ether oxygens (including phenoxy) is 1. The van der Waals surface area contributed by atoms with Crippen LogP contribution in [0.2, 0.25) is 0 Å². The highest BCUT2D eigenvalue weighted by atomic mass is 32.1. The Bertz CT molecular complexity index is 755. The number of aromatic nitrogens is 1. The number of nitrogens with one attached hydrogen (secondary N) is 1. The van der Waals surface area contributed by atoms with Crippen molar-refractivity contribution in [2.75, 3.05) is 40.3 Å². The summed E-state index contributed by atoms with van der Waals surface area (Å²) in [7, 11) is 3.86. The summed E-state index contributed by atoms with van der Waals surface area (Å²) in [6, 6.07) is 3.89. The molecule has 0 aromatic carbocycles. The second-order valence-electron chi connectivity index (χ2n) is 8.20. The summed E-state index contributed by atoms with van der Waals surface area (Å²) in [4.78, 5) is 34.1. The minimum absolute atomic E-state index is 0. The average Bonchev–Trinajstić information content (AvgIpc) is 2.78. The van der Waals surface area contributed by atoms with Gasteiger partial charge in [-0.1, -0.05) is 24.7 Å². The highest BCUT2D eigenvalue weighted by Gasteiger charge is 2.48. The quantitative estimate of drug-likeness (QED) is 0.511. The molecule has 0 bridgehead atoms. The number of hydrogen-bond donors (Lipinski definition) is 1. The van der Waals surface area contributed by atoms with Crippen LogP contribution >= 0.6 is 12.2 Å². The molecule has 2 fully saturated rings. The Hall–Kier alpha value is -2.10. The van der Waals surface area contributed by atoms with Gasteiger partial charge in [-0.2, -0.15) is 0 Å². The molecule has 1 aromatic rings. The molecule has 2 heterocycles. The summed E-state index contributed by atoms with van der Waals surface area (Å²) in [5.74, 6) is -0.315. The molecule has 1 aliphatic heterocycles. The predicted molar refractivity (Wildman–Crippen MR) is 123 cm³/mol. The fourth-order valence-corrected chi connectivity index (χ4v) is 4.86. The average molecular weight is 451 g/mol. The third-order valence-electron chi connectivity index (χ3n) is 6.32. The molecule has 8 nitrogen and oxygen atoms in total. The van der Waals surface area contributed by atoms with E-state index in [0.29, 0.717) is 18.1 Å². The number of hydrogen-bond acceptors (Lipinski definition) is 6. The summed E-state index contributed by atoms with van der Waals surface area (Å²) >= 11 is 5.71. The van der Waals surface area contributed by atoms with Crippen molar-refractivity contribution in [2.45, 2.75) is 50.0 Å². The lowest BCUT2D eigenvalue weighted by Crippen LogP contribution is -2.54. The second kappa shape index (κ2) is 11.5. The summed E-state index contributed by atoms with van der Waals surface area (Å²) in [6.45, 7) is 3.17. The normalized spacial score (nSPS) is 24.1. The van der Waals surface area contributed by atoms with Gasteiger partial charge in [0.15, 0.2) is 0 Å². The monoisotopic (exact) mass is 450 g/mol. The number of carbonyl (C=O) groups excluding carboxylic acids is 2. The number of piperazine rings is 1. The van der Waals surface area contributed by atoms with E-state index in [1.807, 2.05) is 37.3 Å². The summed E-state index contributed by atoms with van der Waals surface area (Å²) in [6.07, 6.45) is 7.00. The number of esters is 1. The number of pyridine rings is 1. The first-order valence-electron chi connectivity index (χ1n) is 10.8. The SMILES string of the molecule is CNC(=S)C1(c2cccnc2)CCCCC1OC(=O)CCC(=O)N1CCN(C)CC1.O. The molecule has 3 rings (SSSR count). The number of carbonyl (C=O) groups is 2. The molecule has 1 aromatic heterocycles. The largest absolute Gasteiger partial charge is 0.461 e. The minimum atomic E-state index is -0.576. The number of thiocarbonyl (C=S) groups is 1. The third-order valence-corrected chi connectivity index (χ3v) is 6.89. The molecule has 9 heteroatoms. The van der Waals surface area contributed by atoms with E-state index in [9.17, 15) is 9.59 Å². The third kappa shape index (κ3) is 5.78. The first-order chi connectivity index (χ1) is 14.5. The molecule has 2 aliphatic rings. The molecule has 2 atom stereocenters. The highest BCUT2D eigenvalue weighted by Crippen LogP contribution is 2.42. The van der Waals surface area contributed by atoms with Crippen LogP contribution in [0.1, 0.15) is 44.1 Å².